The Morgan fingerprint density at radius 3 is 2.53 bits per heavy atom. The number of benzene rings is 1. The molecule has 76 valence electrons. The van der Waals surface area contributed by atoms with E-state index in [1.807, 2.05) is 24.3 Å². The summed E-state index contributed by atoms with van der Waals surface area (Å²) >= 11 is 3.32. The van der Waals surface area contributed by atoms with Crippen LogP contribution in [-0.4, -0.2) is 10.9 Å². The van der Waals surface area contributed by atoms with Gasteiger partial charge in [0, 0.05) is 10.0 Å². The molecule has 1 heterocycles. The quantitative estimate of drug-likeness (QED) is 0.906. The van der Waals surface area contributed by atoms with Crippen molar-refractivity contribution in [2.75, 3.05) is 0 Å². The first kappa shape index (κ1) is 9.92. The van der Waals surface area contributed by atoms with Gasteiger partial charge < -0.3 is 10.2 Å². The summed E-state index contributed by atoms with van der Waals surface area (Å²) in [5.74, 6) is -0.210. The van der Waals surface area contributed by atoms with Gasteiger partial charge in [0.15, 0.2) is 5.69 Å². The molecule has 15 heavy (non-hydrogen) atoms. The summed E-state index contributed by atoms with van der Waals surface area (Å²) in [7, 11) is 0. The molecule has 4 nitrogen and oxygen atoms in total. The zero-order chi connectivity index (χ0) is 10.8. The number of primary amides is 1. The van der Waals surface area contributed by atoms with Gasteiger partial charge in [-0.2, -0.15) is 0 Å². The third-order valence-electron chi connectivity index (χ3n) is 1.85. The Bertz CT molecular complexity index is 490. The Morgan fingerprint density at radius 1 is 1.33 bits per heavy atom. The number of oxazole rings is 1. The third kappa shape index (κ3) is 2.07. The van der Waals surface area contributed by atoms with Crippen LogP contribution in [0.1, 0.15) is 10.5 Å². The van der Waals surface area contributed by atoms with E-state index in [-0.39, 0.29) is 5.69 Å². The predicted octanol–water partition coefficient (Wildman–Crippen LogP) is 2.20. The van der Waals surface area contributed by atoms with Crippen LogP contribution in [-0.2, 0) is 0 Å². The van der Waals surface area contributed by atoms with Gasteiger partial charge in [-0.25, -0.2) is 4.98 Å². The van der Waals surface area contributed by atoms with Crippen LogP contribution in [0.2, 0.25) is 0 Å². The average molecular weight is 267 g/mol. The van der Waals surface area contributed by atoms with Crippen molar-refractivity contribution in [3.63, 3.8) is 0 Å². The lowest BCUT2D eigenvalue weighted by molar-refractivity contribution is 0.0995. The van der Waals surface area contributed by atoms with Crippen molar-refractivity contribution >= 4 is 21.8 Å². The second kappa shape index (κ2) is 3.86. The highest BCUT2D eigenvalue weighted by molar-refractivity contribution is 9.10. The summed E-state index contributed by atoms with van der Waals surface area (Å²) in [6, 6.07) is 7.40. The fraction of sp³-hybridized carbons (Fsp3) is 0. The minimum absolute atomic E-state index is 0.132. The maximum atomic E-state index is 10.8. The molecule has 1 amide bonds. The van der Waals surface area contributed by atoms with E-state index in [1.165, 1.54) is 6.26 Å². The van der Waals surface area contributed by atoms with Gasteiger partial charge in [-0.15, -0.1) is 0 Å². The van der Waals surface area contributed by atoms with Crippen molar-refractivity contribution in [2.45, 2.75) is 0 Å². The molecule has 0 radical (unpaired) electrons. The van der Waals surface area contributed by atoms with E-state index in [1.54, 1.807) is 0 Å². The molecule has 2 aromatic rings. The van der Waals surface area contributed by atoms with Crippen molar-refractivity contribution in [2.24, 2.45) is 5.73 Å². The van der Waals surface area contributed by atoms with Crippen molar-refractivity contribution in [1.29, 1.82) is 0 Å². The van der Waals surface area contributed by atoms with Crippen molar-refractivity contribution in [3.05, 3.63) is 40.7 Å². The van der Waals surface area contributed by atoms with Crippen molar-refractivity contribution < 1.29 is 9.21 Å². The van der Waals surface area contributed by atoms with E-state index in [0.717, 1.165) is 10.0 Å². The monoisotopic (exact) mass is 266 g/mol. The molecule has 0 saturated heterocycles. The summed E-state index contributed by atoms with van der Waals surface area (Å²) in [5, 5.41) is 0. The molecule has 1 aromatic heterocycles. The average Bonchev–Trinajstić information content (AvgIpc) is 2.68. The van der Waals surface area contributed by atoms with Crippen molar-refractivity contribution in [1.82, 2.24) is 4.98 Å². The fourth-order valence-corrected chi connectivity index (χ4v) is 1.38. The lowest BCUT2D eigenvalue weighted by Gasteiger charge is -1.94. The van der Waals surface area contributed by atoms with Crippen LogP contribution in [0.5, 0.6) is 0 Å². The van der Waals surface area contributed by atoms with Gasteiger partial charge in [0.1, 0.15) is 6.26 Å². The Balaban J connectivity index is 2.37. The van der Waals surface area contributed by atoms with Crippen LogP contribution in [0.25, 0.3) is 11.5 Å². The molecule has 0 bridgehead atoms. The molecule has 0 fully saturated rings. The number of carbonyl (C=O) groups excluding carboxylic acids is 1. The van der Waals surface area contributed by atoms with Crippen LogP contribution in [0.4, 0.5) is 0 Å². The molecule has 5 heteroatoms. The molecule has 1 aromatic carbocycles. The second-order valence-electron chi connectivity index (χ2n) is 2.91. The predicted molar refractivity (Wildman–Crippen MR) is 58.2 cm³/mol. The summed E-state index contributed by atoms with van der Waals surface area (Å²) in [6.45, 7) is 0. The number of amides is 1. The zero-order valence-electron chi connectivity index (χ0n) is 7.61. The van der Waals surface area contributed by atoms with Gasteiger partial charge in [0.25, 0.3) is 5.91 Å². The maximum Gasteiger partial charge on any atom is 0.270 e. The van der Waals surface area contributed by atoms with E-state index < -0.39 is 5.91 Å². The molecule has 0 atom stereocenters. The number of carbonyl (C=O) groups is 1. The molecule has 0 aliphatic carbocycles. The van der Waals surface area contributed by atoms with Crippen molar-refractivity contribution in [3.8, 4) is 11.5 Å². The summed E-state index contributed by atoms with van der Waals surface area (Å²) in [6.07, 6.45) is 1.25. The van der Waals surface area contributed by atoms with E-state index in [9.17, 15) is 4.79 Å². The van der Waals surface area contributed by atoms with Gasteiger partial charge in [0.2, 0.25) is 5.89 Å². The van der Waals surface area contributed by atoms with E-state index in [2.05, 4.69) is 20.9 Å². The summed E-state index contributed by atoms with van der Waals surface area (Å²) in [4.78, 5) is 14.7. The molecule has 0 saturated carbocycles. The number of hydrogen-bond acceptors (Lipinski definition) is 3. The number of aromatic nitrogens is 1. The first-order chi connectivity index (χ1) is 7.16. The number of nitrogens with two attached hydrogens (primary N) is 1. The lowest BCUT2D eigenvalue weighted by atomic mass is 10.2. The molecule has 0 aliphatic rings. The van der Waals surface area contributed by atoms with E-state index in [0.29, 0.717) is 5.89 Å². The number of hydrogen-bond donors (Lipinski definition) is 1. The van der Waals surface area contributed by atoms with Crippen LogP contribution >= 0.6 is 15.9 Å². The molecular weight excluding hydrogens is 260 g/mol. The molecule has 0 unspecified atom stereocenters. The molecular formula is C10H7BrN2O2. The number of nitrogens with zero attached hydrogens (tertiary/aromatic N) is 1. The number of halogens is 1. The third-order valence-corrected chi connectivity index (χ3v) is 2.38. The summed E-state index contributed by atoms with van der Waals surface area (Å²) in [5.41, 5.74) is 5.99. The standard InChI is InChI=1S/C10H7BrN2O2/c11-7-3-1-6(2-4-7)10-13-8(5-15-10)9(12)14/h1-5H,(H2,12,14). The highest BCUT2D eigenvalue weighted by Gasteiger charge is 2.09. The first-order valence-electron chi connectivity index (χ1n) is 4.18. The highest BCUT2D eigenvalue weighted by atomic mass is 79.9. The Morgan fingerprint density at radius 2 is 2.00 bits per heavy atom. The van der Waals surface area contributed by atoms with Crippen LogP contribution < -0.4 is 5.73 Å². The normalized spacial score (nSPS) is 10.2. The van der Waals surface area contributed by atoms with Crippen LogP contribution in [0, 0.1) is 0 Å². The van der Waals surface area contributed by atoms with E-state index in [4.69, 9.17) is 10.2 Å². The fourth-order valence-electron chi connectivity index (χ4n) is 1.11. The molecule has 2 N–H and O–H groups in total. The lowest BCUT2D eigenvalue weighted by Crippen LogP contribution is -2.10. The number of rotatable bonds is 2. The van der Waals surface area contributed by atoms with E-state index >= 15 is 0 Å². The van der Waals surface area contributed by atoms with Gasteiger partial charge in [-0.05, 0) is 24.3 Å². The SMILES string of the molecule is NC(=O)c1coc(-c2ccc(Br)cc2)n1. The Hall–Kier alpha value is -1.62. The van der Waals surface area contributed by atoms with Gasteiger partial charge >= 0.3 is 0 Å². The summed E-state index contributed by atoms with van der Waals surface area (Å²) < 4.78 is 6.09. The van der Waals surface area contributed by atoms with Crippen LogP contribution in [0.3, 0.4) is 0 Å². The van der Waals surface area contributed by atoms with Gasteiger partial charge in [0.05, 0.1) is 0 Å². The molecule has 0 aliphatic heterocycles. The largest absolute Gasteiger partial charge is 0.444 e. The second-order valence-corrected chi connectivity index (χ2v) is 3.82. The molecule has 0 spiro atoms. The smallest absolute Gasteiger partial charge is 0.270 e. The Kier molecular flexibility index (Phi) is 2.55. The maximum absolute atomic E-state index is 10.8. The minimum atomic E-state index is -0.595. The topological polar surface area (TPSA) is 69.1 Å². The van der Waals surface area contributed by atoms with Crippen LogP contribution in [0.15, 0.2) is 39.4 Å². The van der Waals surface area contributed by atoms with Gasteiger partial charge in [-0.1, -0.05) is 15.9 Å². The zero-order valence-corrected chi connectivity index (χ0v) is 9.19. The Labute approximate surface area is 94.2 Å². The van der Waals surface area contributed by atoms with Gasteiger partial charge in [-0.3, -0.25) is 4.79 Å². The molecule has 2 rings (SSSR count). The minimum Gasteiger partial charge on any atom is -0.444 e. The first-order valence-corrected chi connectivity index (χ1v) is 4.97. The highest BCUT2D eigenvalue weighted by Crippen LogP contribution is 2.20.